The molecule has 2 heterocycles. The summed E-state index contributed by atoms with van der Waals surface area (Å²) in [6.45, 7) is 1.89. The Morgan fingerprint density at radius 1 is 1.19 bits per heavy atom. The van der Waals surface area contributed by atoms with Crippen molar-refractivity contribution >= 4 is 12.0 Å². The highest BCUT2D eigenvalue weighted by molar-refractivity contribution is 5.97. The second-order valence-electron chi connectivity index (χ2n) is 6.43. The fraction of sp³-hybridized carbons (Fsp3) is 0.500. The van der Waals surface area contributed by atoms with Crippen molar-refractivity contribution in [3.05, 3.63) is 41.5 Å². The lowest BCUT2D eigenvalue weighted by atomic mass is 9.97. The molecule has 2 saturated heterocycles. The van der Waals surface area contributed by atoms with Crippen LogP contribution < -0.4 is 5.32 Å². The lowest BCUT2D eigenvalue weighted by molar-refractivity contribution is -0.118. The maximum Gasteiger partial charge on any atom is 0.247 e. The molecule has 3 heteroatoms. The molecule has 1 aromatic carbocycles. The third kappa shape index (κ3) is 3.18. The lowest BCUT2D eigenvalue weighted by Gasteiger charge is -2.36. The maximum atomic E-state index is 12.3. The number of amides is 1. The number of hydrogen-bond acceptors (Lipinski definition) is 2. The Labute approximate surface area is 127 Å². The van der Waals surface area contributed by atoms with Gasteiger partial charge in [-0.3, -0.25) is 4.79 Å². The van der Waals surface area contributed by atoms with Crippen molar-refractivity contribution < 1.29 is 4.79 Å². The van der Waals surface area contributed by atoms with E-state index in [4.69, 9.17) is 0 Å². The minimum atomic E-state index is 0.0767. The van der Waals surface area contributed by atoms with Gasteiger partial charge in [-0.2, -0.15) is 0 Å². The van der Waals surface area contributed by atoms with Crippen LogP contribution in [0.5, 0.6) is 0 Å². The molecule has 2 unspecified atom stereocenters. The Kier molecular flexibility index (Phi) is 4.11. The first-order valence-electron chi connectivity index (χ1n) is 7.89. The van der Waals surface area contributed by atoms with E-state index in [0.717, 1.165) is 24.0 Å². The second-order valence-corrected chi connectivity index (χ2v) is 6.43. The summed E-state index contributed by atoms with van der Waals surface area (Å²) >= 11 is 0. The van der Waals surface area contributed by atoms with E-state index < -0.39 is 0 Å². The normalized spacial score (nSPS) is 29.4. The first-order chi connectivity index (χ1) is 10.1. The van der Waals surface area contributed by atoms with Gasteiger partial charge in [-0.1, -0.05) is 30.3 Å². The smallest absolute Gasteiger partial charge is 0.247 e. The summed E-state index contributed by atoms with van der Waals surface area (Å²) in [5.74, 6) is 0.0767. The summed E-state index contributed by atoms with van der Waals surface area (Å²) in [4.78, 5) is 14.8. The van der Waals surface area contributed by atoms with Gasteiger partial charge in [-0.25, -0.2) is 0 Å². The van der Waals surface area contributed by atoms with E-state index in [-0.39, 0.29) is 5.91 Å². The average molecular weight is 284 g/mol. The van der Waals surface area contributed by atoms with Crippen LogP contribution in [0.15, 0.2) is 35.9 Å². The quantitative estimate of drug-likeness (QED) is 0.866. The van der Waals surface area contributed by atoms with Crippen LogP contribution in [0.2, 0.25) is 0 Å². The molecule has 0 spiro atoms. The molecule has 1 aromatic rings. The zero-order valence-electron chi connectivity index (χ0n) is 12.9. The SMILES string of the molecule is CC(=Cc1ccccc1)C(=O)NC1CC2CCC(C1)N2C. The van der Waals surface area contributed by atoms with Crippen LogP contribution in [0.4, 0.5) is 0 Å². The monoisotopic (exact) mass is 284 g/mol. The average Bonchev–Trinajstić information content (AvgIpc) is 2.71. The number of nitrogens with one attached hydrogen (secondary N) is 1. The zero-order valence-corrected chi connectivity index (χ0v) is 12.9. The van der Waals surface area contributed by atoms with Gasteiger partial charge >= 0.3 is 0 Å². The highest BCUT2D eigenvalue weighted by Gasteiger charge is 2.38. The Hall–Kier alpha value is -1.61. The molecule has 2 aliphatic rings. The predicted octanol–water partition coefficient (Wildman–Crippen LogP) is 2.83. The fourth-order valence-corrected chi connectivity index (χ4v) is 3.69. The van der Waals surface area contributed by atoms with Gasteiger partial charge in [-0.05, 0) is 51.3 Å². The number of hydrogen-bond donors (Lipinski definition) is 1. The molecule has 0 aromatic heterocycles. The Morgan fingerprint density at radius 2 is 1.81 bits per heavy atom. The Balaban J connectivity index is 1.60. The highest BCUT2D eigenvalue weighted by atomic mass is 16.1. The highest BCUT2D eigenvalue weighted by Crippen LogP contribution is 2.34. The van der Waals surface area contributed by atoms with Crippen LogP contribution in [0.1, 0.15) is 38.2 Å². The summed E-state index contributed by atoms with van der Waals surface area (Å²) in [7, 11) is 2.22. The summed E-state index contributed by atoms with van der Waals surface area (Å²) < 4.78 is 0. The van der Waals surface area contributed by atoms with E-state index in [1.54, 1.807) is 0 Å². The molecule has 2 aliphatic heterocycles. The summed E-state index contributed by atoms with van der Waals surface area (Å²) in [6, 6.07) is 11.7. The molecule has 2 fully saturated rings. The molecule has 21 heavy (non-hydrogen) atoms. The third-order valence-electron chi connectivity index (χ3n) is 4.97. The van der Waals surface area contributed by atoms with Crippen LogP contribution in [0.3, 0.4) is 0 Å². The van der Waals surface area contributed by atoms with Crippen LogP contribution >= 0.6 is 0 Å². The molecular formula is C18H24N2O. The third-order valence-corrected chi connectivity index (χ3v) is 4.97. The van der Waals surface area contributed by atoms with Gasteiger partial charge < -0.3 is 10.2 Å². The van der Waals surface area contributed by atoms with Gasteiger partial charge in [0.15, 0.2) is 0 Å². The Morgan fingerprint density at radius 3 is 2.43 bits per heavy atom. The molecule has 0 aliphatic carbocycles. The number of piperidine rings is 1. The van der Waals surface area contributed by atoms with Crippen LogP contribution in [0, 0.1) is 0 Å². The van der Waals surface area contributed by atoms with Crippen molar-refractivity contribution in [2.75, 3.05) is 7.05 Å². The predicted molar refractivity (Wildman–Crippen MR) is 85.8 cm³/mol. The van der Waals surface area contributed by atoms with Crippen molar-refractivity contribution in [3.63, 3.8) is 0 Å². The topological polar surface area (TPSA) is 32.3 Å². The Bertz CT molecular complexity index is 523. The second kappa shape index (κ2) is 6.02. The molecule has 3 nitrogen and oxygen atoms in total. The number of carbonyl (C=O) groups excluding carboxylic acids is 1. The van der Waals surface area contributed by atoms with Gasteiger partial charge in [0, 0.05) is 23.7 Å². The number of nitrogens with zero attached hydrogens (tertiary/aromatic N) is 1. The number of rotatable bonds is 3. The van der Waals surface area contributed by atoms with Gasteiger partial charge in [0.25, 0.3) is 0 Å². The van der Waals surface area contributed by atoms with Crippen molar-refractivity contribution in [2.45, 2.75) is 50.7 Å². The van der Waals surface area contributed by atoms with E-state index >= 15 is 0 Å². The summed E-state index contributed by atoms with van der Waals surface area (Å²) in [5.41, 5.74) is 1.86. The summed E-state index contributed by atoms with van der Waals surface area (Å²) in [6.07, 6.45) is 6.71. The molecule has 1 N–H and O–H groups in total. The van der Waals surface area contributed by atoms with Gasteiger partial charge in [0.05, 0.1) is 0 Å². The van der Waals surface area contributed by atoms with E-state index in [1.165, 1.54) is 12.8 Å². The first-order valence-corrected chi connectivity index (χ1v) is 7.89. The molecule has 2 atom stereocenters. The zero-order chi connectivity index (χ0) is 14.8. The van der Waals surface area contributed by atoms with Crippen LogP contribution in [0.25, 0.3) is 6.08 Å². The van der Waals surface area contributed by atoms with Crippen molar-refractivity contribution in [1.82, 2.24) is 10.2 Å². The molecule has 0 saturated carbocycles. The molecule has 3 rings (SSSR count). The standard InChI is InChI=1S/C18H24N2O/c1-13(10-14-6-4-3-5-7-14)18(21)19-15-11-16-8-9-17(12-15)20(16)2/h3-7,10,15-17H,8-9,11-12H2,1-2H3,(H,19,21). The number of fused-ring (bicyclic) bond motifs is 2. The van der Waals surface area contributed by atoms with Crippen molar-refractivity contribution in [2.24, 2.45) is 0 Å². The van der Waals surface area contributed by atoms with E-state index in [9.17, 15) is 4.79 Å². The number of benzene rings is 1. The van der Waals surface area contributed by atoms with Crippen molar-refractivity contribution in [3.8, 4) is 0 Å². The number of carbonyl (C=O) groups is 1. The molecule has 2 bridgehead atoms. The minimum absolute atomic E-state index is 0.0767. The van der Waals surface area contributed by atoms with Crippen molar-refractivity contribution in [1.29, 1.82) is 0 Å². The summed E-state index contributed by atoms with van der Waals surface area (Å²) in [5, 5.41) is 3.23. The molecular weight excluding hydrogens is 260 g/mol. The lowest BCUT2D eigenvalue weighted by Crippen LogP contribution is -2.48. The van der Waals surface area contributed by atoms with Crippen LogP contribution in [-0.2, 0) is 4.79 Å². The van der Waals surface area contributed by atoms with E-state index in [2.05, 4.69) is 17.3 Å². The van der Waals surface area contributed by atoms with Gasteiger partial charge in [0.1, 0.15) is 0 Å². The first kappa shape index (κ1) is 14.3. The van der Waals surface area contributed by atoms with Crippen LogP contribution in [-0.4, -0.2) is 36.0 Å². The van der Waals surface area contributed by atoms with Gasteiger partial charge in [-0.15, -0.1) is 0 Å². The molecule has 1 amide bonds. The maximum absolute atomic E-state index is 12.3. The fourth-order valence-electron chi connectivity index (χ4n) is 3.69. The minimum Gasteiger partial charge on any atom is -0.349 e. The van der Waals surface area contributed by atoms with E-state index in [1.807, 2.05) is 43.3 Å². The molecule has 112 valence electrons. The largest absolute Gasteiger partial charge is 0.349 e. The van der Waals surface area contributed by atoms with Gasteiger partial charge in [0.2, 0.25) is 5.91 Å². The molecule has 0 radical (unpaired) electrons. The van der Waals surface area contributed by atoms with E-state index in [0.29, 0.717) is 18.1 Å².